The molecule has 1 N–H and O–H groups in total. The largest absolute Gasteiger partial charge is 0.323 e. The Kier molecular flexibility index (Phi) is 24.1. The maximum Gasteiger partial charge on any atom is -0.000932 e. The second kappa shape index (κ2) is 15.9. The normalized spacial score (nSPS) is 6.86. The third-order valence-electron chi connectivity index (χ3n) is 0.1000. The highest BCUT2D eigenvalue weighted by Crippen LogP contribution is 1.73. The zero-order valence-corrected chi connectivity index (χ0v) is 6.60. The molecule has 0 saturated carbocycles. The van der Waals surface area contributed by atoms with Crippen LogP contribution < -0.4 is 5.32 Å². The van der Waals surface area contributed by atoms with Crippen LogP contribution in [-0.2, 0) is 0 Å². The van der Waals surface area contributed by atoms with E-state index in [2.05, 4.69) is 30.6 Å². The van der Waals surface area contributed by atoms with Gasteiger partial charge < -0.3 is 5.32 Å². The van der Waals surface area contributed by atoms with E-state index in [-0.39, 0.29) is 0 Å². The maximum atomic E-state index is 3.84. The number of nitrogens with one attached hydrogen (secondary N) is 1. The molecular formula is C4H13NS2. The summed E-state index contributed by atoms with van der Waals surface area (Å²) in [6, 6.07) is 0. The first-order valence-corrected chi connectivity index (χ1v) is 3.40. The van der Waals surface area contributed by atoms with E-state index in [0.29, 0.717) is 0 Å². The molecule has 0 aliphatic heterocycles. The standard InChI is InChI=1S/C2H7N.C2H6S2/c1-3-2;3-1-2-4/h3H,1-2H3;3-4H,1-2H2. The lowest BCUT2D eigenvalue weighted by molar-refractivity contribution is 1.02. The average Bonchev–Trinajstić information content (AvgIpc) is 1.69. The number of hydrogen-bond donors (Lipinski definition) is 3. The first-order valence-electron chi connectivity index (χ1n) is 2.13. The summed E-state index contributed by atoms with van der Waals surface area (Å²) in [4.78, 5) is 0. The van der Waals surface area contributed by atoms with E-state index in [1.54, 1.807) is 0 Å². The Labute approximate surface area is 56.7 Å². The smallest absolute Gasteiger partial charge is 0.000932 e. The van der Waals surface area contributed by atoms with Crippen LogP contribution in [0.5, 0.6) is 0 Å². The molecular weight excluding hydrogens is 126 g/mol. The Morgan fingerprint density at radius 1 is 1.14 bits per heavy atom. The van der Waals surface area contributed by atoms with Gasteiger partial charge in [0.2, 0.25) is 0 Å². The van der Waals surface area contributed by atoms with Gasteiger partial charge in [-0.2, -0.15) is 25.3 Å². The van der Waals surface area contributed by atoms with Crippen molar-refractivity contribution in [3.8, 4) is 0 Å². The predicted molar refractivity (Wildman–Crippen MR) is 42.7 cm³/mol. The minimum Gasteiger partial charge on any atom is -0.323 e. The molecule has 1 nitrogen and oxygen atoms in total. The molecule has 7 heavy (non-hydrogen) atoms. The maximum absolute atomic E-state index is 3.84. The van der Waals surface area contributed by atoms with Gasteiger partial charge in [0.15, 0.2) is 0 Å². The molecule has 0 spiro atoms. The van der Waals surface area contributed by atoms with Crippen molar-refractivity contribution in [2.75, 3.05) is 25.6 Å². The molecule has 0 aromatic heterocycles. The topological polar surface area (TPSA) is 12.0 Å². The minimum absolute atomic E-state index is 0.878. The van der Waals surface area contributed by atoms with E-state index < -0.39 is 0 Å². The van der Waals surface area contributed by atoms with Crippen LogP contribution in [-0.4, -0.2) is 25.6 Å². The molecule has 0 aromatic rings. The zero-order valence-electron chi connectivity index (χ0n) is 4.81. The van der Waals surface area contributed by atoms with E-state index in [1.807, 2.05) is 14.1 Å². The van der Waals surface area contributed by atoms with Crippen LogP contribution in [0.2, 0.25) is 0 Å². The summed E-state index contributed by atoms with van der Waals surface area (Å²) in [7, 11) is 3.75. The Balaban J connectivity index is 0. The minimum atomic E-state index is 0.878. The Hall–Kier alpha value is 0.660. The van der Waals surface area contributed by atoms with Gasteiger partial charge in [0.05, 0.1) is 0 Å². The van der Waals surface area contributed by atoms with Gasteiger partial charge in [-0.1, -0.05) is 0 Å². The van der Waals surface area contributed by atoms with Crippen molar-refractivity contribution >= 4 is 25.3 Å². The first-order chi connectivity index (χ1) is 3.33. The van der Waals surface area contributed by atoms with E-state index in [9.17, 15) is 0 Å². The summed E-state index contributed by atoms with van der Waals surface area (Å²) in [6.07, 6.45) is 0. The van der Waals surface area contributed by atoms with Crippen LogP contribution >= 0.6 is 25.3 Å². The van der Waals surface area contributed by atoms with Crippen LogP contribution in [0.3, 0.4) is 0 Å². The van der Waals surface area contributed by atoms with Crippen LogP contribution in [0.15, 0.2) is 0 Å². The van der Waals surface area contributed by atoms with Crippen LogP contribution in [0.25, 0.3) is 0 Å². The van der Waals surface area contributed by atoms with Crippen molar-refractivity contribution < 1.29 is 0 Å². The molecule has 0 heterocycles. The molecule has 3 heteroatoms. The highest BCUT2D eigenvalue weighted by Gasteiger charge is 1.57. The monoisotopic (exact) mass is 139 g/mol. The summed E-state index contributed by atoms with van der Waals surface area (Å²) in [6.45, 7) is 0. The lowest BCUT2D eigenvalue weighted by Crippen LogP contribution is -1.89. The highest BCUT2D eigenvalue weighted by atomic mass is 32.1. The number of hydrogen-bond acceptors (Lipinski definition) is 3. The number of thiol groups is 2. The molecule has 0 bridgehead atoms. The molecule has 0 rings (SSSR count). The molecule has 0 fully saturated rings. The number of rotatable bonds is 1. The van der Waals surface area contributed by atoms with Gasteiger partial charge in [0.25, 0.3) is 0 Å². The van der Waals surface area contributed by atoms with Crippen molar-refractivity contribution in [3.05, 3.63) is 0 Å². The molecule has 0 amide bonds. The molecule has 0 saturated heterocycles. The molecule has 0 aliphatic rings. The summed E-state index contributed by atoms with van der Waals surface area (Å²) in [5.74, 6) is 1.76. The Morgan fingerprint density at radius 2 is 1.29 bits per heavy atom. The van der Waals surface area contributed by atoms with Crippen molar-refractivity contribution in [3.63, 3.8) is 0 Å². The van der Waals surface area contributed by atoms with Gasteiger partial charge in [-0.15, -0.1) is 0 Å². The quantitative estimate of drug-likeness (QED) is 0.454. The van der Waals surface area contributed by atoms with Gasteiger partial charge in [-0.25, -0.2) is 0 Å². The molecule has 0 aromatic carbocycles. The summed E-state index contributed by atoms with van der Waals surface area (Å²) >= 11 is 7.69. The van der Waals surface area contributed by atoms with Crippen LogP contribution in [0.4, 0.5) is 0 Å². The second-order valence-corrected chi connectivity index (χ2v) is 1.84. The molecule has 0 radical (unpaired) electrons. The lowest BCUT2D eigenvalue weighted by atomic mass is 11.0. The Bertz CT molecular complexity index is 17.2. The van der Waals surface area contributed by atoms with Crippen molar-refractivity contribution in [1.82, 2.24) is 5.32 Å². The van der Waals surface area contributed by atoms with Gasteiger partial charge in [0, 0.05) is 0 Å². The fourth-order valence-electron chi connectivity index (χ4n) is 0. The second-order valence-electron chi connectivity index (χ2n) is 0.947. The molecule has 46 valence electrons. The SMILES string of the molecule is CNC.SCCS. The van der Waals surface area contributed by atoms with E-state index >= 15 is 0 Å². The van der Waals surface area contributed by atoms with Crippen molar-refractivity contribution in [1.29, 1.82) is 0 Å². The van der Waals surface area contributed by atoms with Crippen LogP contribution in [0, 0.1) is 0 Å². The van der Waals surface area contributed by atoms with E-state index in [0.717, 1.165) is 11.5 Å². The first kappa shape index (κ1) is 10.6. The Morgan fingerprint density at radius 3 is 1.29 bits per heavy atom. The third kappa shape index (κ3) is 52.5. The average molecular weight is 139 g/mol. The summed E-state index contributed by atoms with van der Waals surface area (Å²) in [5, 5.41) is 2.75. The lowest BCUT2D eigenvalue weighted by Gasteiger charge is -1.67. The molecule has 0 atom stereocenters. The summed E-state index contributed by atoms with van der Waals surface area (Å²) < 4.78 is 0. The van der Waals surface area contributed by atoms with E-state index in [4.69, 9.17) is 0 Å². The fraction of sp³-hybridized carbons (Fsp3) is 1.00. The summed E-state index contributed by atoms with van der Waals surface area (Å²) in [5.41, 5.74) is 0. The van der Waals surface area contributed by atoms with Gasteiger partial charge in [0.1, 0.15) is 0 Å². The van der Waals surface area contributed by atoms with Crippen LogP contribution in [0.1, 0.15) is 0 Å². The highest BCUT2D eigenvalue weighted by molar-refractivity contribution is 7.84. The molecule has 0 aliphatic carbocycles. The van der Waals surface area contributed by atoms with Gasteiger partial charge in [-0.3, -0.25) is 0 Å². The fourth-order valence-corrected chi connectivity index (χ4v) is 0. The molecule has 0 unspecified atom stereocenters. The zero-order chi connectivity index (χ0) is 6.12. The van der Waals surface area contributed by atoms with Gasteiger partial charge in [-0.05, 0) is 25.6 Å². The van der Waals surface area contributed by atoms with Crippen molar-refractivity contribution in [2.24, 2.45) is 0 Å². The van der Waals surface area contributed by atoms with E-state index in [1.165, 1.54) is 0 Å². The van der Waals surface area contributed by atoms with Crippen molar-refractivity contribution in [2.45, 2.75) is 0 Å². The predicted octanol–water partition coefficient (Wildman–Crippen LogP) is 0.682. The third-order valence-corrected chi connectivity index (χ3v) is 0.900. The van der Waals surface area contributed by atoms with Gasteiger partial charge >= 0.3 is 0 Å².